The van der Waals surface area contributed by atoms with Crippen LogP contribution in [0.2, 0.25) is 0 Å². The van der Waals surface area contributed by atoms with Gasteiger partial charge >= 0.3 is 6.09 Å². The Kier molecular flexibility index (Phi) is 7.76. The predicted molar refractivity (Wildman–Crippen MR) is 171 cm³/mol. The summed E-state index contributed by atoms with van der Waals surface area (Å²) in [5.74, 6) is 0.182. The van der Waals surface area contributed by atoms with Gasteiger partial charge in [0, 0.05) is 23.6 Å². The zero-order chi connectivity index (χ0) is 30.2. The van der Waals surface area contributed by atoms with E-state index in [4.69, 9.17) is 15.9 Å². The summed E-state index contributed by atoms with van der Waals surface area (Å²) in [5, 5.41) is 15.4. The van der Waals surface area contributed by atoms with Crippen LogP contribution < -0.4 is 16.4 Å². The number of allylic oxidation sites excluding steroid dienone is 2. The quantitative estimate of drug-likeness (QED) is 0.112. The molecule has 1 amide bonds. The Bertz CT molecular complexity index is 1560. The minimum absolute atomic E-state index is 0.0345. The largest absolute Gasteiger partial charge is 0.444 e. The number of thiol groups is 1. The molecule has 10 heteroatoms. The van der Waals surface area contributed by atoms with E-state index in [1.54, 1.807) is 22.8 Å². The van der Waals surface area contributed by atoms with Crippen molar-refractivity contribution >= 4 is 42.3 Å². The molecule has 42 heavy (non-hydrogen) atoms. The number of nitrogens with two attached hydrogens (primary N) is 1. The molecule has 218 valence electrons. The molecule has 1 aromatic carbocycles. The molecule has 1 aromatic heterocycles. The highest BCUT2D eigenvalue weighted by molar-refractivity contribution is 7.78. The lowest BCUT2D eigenvalue weighted by atomic mass is 9.71. The minimum Gasteiger partial charge on any atom is -0.444 e. The number of aliphatic imine (C=N–C) groups is 1. The number of anilines is 1. The van der Waals surface area contributed by atoms with E-state index in [0.717, 1.165) is 52.8 Å². The molecular formula is C32H37N7O2S. The second-order valence-corrected chi connectivity index (χ2v) is 12.2. The van der Waals surface area contributed by atoms with E-state index in [9.17, 15) is 4.79 Å². The van der Waals surface area contributed by atoms with Crippen molar-refractivity contribution < 1.29 is 9.53 Å². The monoisotopic (exact) mass is 583 g/mol. The third-order valence-corrected chi connectivity index (χ3v) is 7.94. The van der Waals surface area contributed by atoms with Crippen LogP contribution in [0, 0.1) is 5.41 Å². The van der Waals surface area contributed by atoms with Crippen molar-refractivity contribution in [2.24, 2.45) is 10.7 Å². The molecule has 0 saturated heterocycles. The summed E-state index contributed by atoms with van der Waals surface area (Å²) in [4.78, 5) is 21.4. The number of amidine groups is 2. The minimum atomic E-state index is -0.559. The van der Waals surface area contributed by atoms with E-state index < -0.39 is 17.2 Å². The predicted octanol–water partition coefficient (Wildman–Crippen LogP) is 6.35. The van der Waals surface area contributed by atoms with Crippen LogP contribution in [0.1, 0.15) is 75.4 Å². The van der Waals surface area contributed by atoms with Crippen LogP contribution in [-0.2, 0) is 10.3 Å². The maximum atomic E-state index is 12.6. The van der Waals surface area contributed by atoms with Crippen molar-refractivity contribution in [3.8, 4) is 0 Å². The summed E-state index contributed by atoms with van der Waals surface area (Å²) < 4.78 is 7.10. The number of pyridine rings is 1. The highest BCUT2D eigenvalue weighted by atomic mass is 32.1. The van der Waals surface area contributed by atoms with Crippen molar-refractivity contribution in [1.29, 1.82) is 5.41 Å². The van der Waals surface area contributed by atoms with Crippen LogP contribution in [0.4, 0.5) is 10.5 Å². The highest BCUT2D eigenvalue weighted by Crippen LogP contribution is 2.44. The molecule has 0 spiro atoms. The van der Waals surface area contributed by atoms with Crippen LogP contribution in [-0.4, -0.2) is 32.7 Å². The molecule has 9 nitrogen and oxygen atoms in total. The zero-order valence-corrected chi connectivity index (χ0v) is 25.3. The summed E-state index contributed by atoms with van der Waals surface area (Å²) in [6.45, 7) is 11.5. The molecule has 3 aliphatic rings. The summed E-state index contributed by atoms with van der Waals surface area (Å²) in [5.41, 5.74) is 11.9. The first-order chi connectivity index (χ1) is 19.9. The summed E-state index contributed by atoms with van der Waals surface area (Å²) in [7, 11) is 0. The van der Waals surface area contributed by atoms with Gasteiger partial charge in [0.2, 0.25) is 0 Å². The molecule has 0 bridgehead atoms. The van der Waals surface area contributed by atoms with Gasteiger partial charge in [-0.25, -0.2) is 9.79 Å². The van der Waals surface area contributed by atoms with Crippen LogP contribution in [0.25, 0.3) is 6.08 Å². The van der Waals surface area contributed by atoms with Crippen LogP contribution >= 0.6 is 12.8 Å². The highest BCUT2D eigenvalue weighted by Gasteiger charge is 2.41. The second-order valence-electron chi connectivity index (χ2n) is 11.8. The molecule has 1 fully saturated rings. The molecule has 2 aromatic rings. The van der Waals surface area contributed by atoms with Crippen molar-refractivity contribution in [1.82, 2.24) is 14.6 Å². The van der Waals surface area contributed by atoms with Gasteiger partial charge in [-0.1, -0.05) is 55.8 Å². The van der Waals surface area contributed by atoms with Crippen molar-refractivity contribution in [3.63, 3.8) is 0 Å². The Morgan fingerprint density at radius 3 is 2.57 bits per heavy atom. The standard InChI is InChI=1S/C32H37N7O2S/c1-6-8-19(2)22-17-23-24(13-16-35-27(23)29(34)37-28(33)25-18-39(25)42)36-26(22)20-9-11-21(12-10-20)32(14-7-15-32)38-30(40)41-31(3,4)5/h6,8-13,16-18,26,36,42H,1,7,14-15H2,2-5H3,(H,38,40)(H3,33,34,37)/b19-8+. The Labute approximate surface area is 252 Å². The van der Waals surface area contributed by atoms with E-state index in [2.05, 4.69) is 70.3 Å². The van der Waals surface area contributed by atoms with E-state index in [1.165, 1.54) is 0 Å². The van der Waals surface area contributed by atoms with Crippen LogP contribution in [0.3, 0.4) is 0 Å². The third-order valence-electron chi connectivity index (χ3n) is 7.61. The number of fused-ring (bicyclic) bond motifs is 1. The van der Waals surface area contributed by atoms with Crippen LogP contribution in [0.15, 0.2) is 83.3 Å². The second kappa shape index (κ2) is 11.2. The van der Waals surface area contributed by atoms with E-state index >= 15 is 0 Å². The first kappa shape index (κ1) is 29.2. The van der Waals surface area contributed by atoms with Gasteiger partial charge in [-0.05, 0) is 81.4 Å². The average Bonchev–Trinajstić information content (AvgIpc) is 3.65. The van der Waals surface area contributed by atoms with E-state index in [-0.39, 0.29) is 17.7 Å². The van der Waals surface area contributed by atoms with Crippen LogP contribution in [0.5, 0.6) is 0 Å². The maximum absolute atomic E-state index is 12.6. The fourth-order valence-electron chi connectivity index (χ4n) is 5.29. The Morgan fingerprint density at radius 1 is 1.31 bits per heavy atom. The summed E-state index contributed by atoms with van der Waals surface area (Å²) in [6, 6.07) is 10.1. The number of nitrogens with zero attached hydrogens (tertiary/aromatic N) is 3. The number of carbonyl (C=O) groups is 1. The number of rotatable bonds is 7. The summed E-state index contributed by atoms with van der Waals surface area (Å²) >= 11 is 4.19. The van der Waals surface area contributed by atoms with Gasteiger partial charge < -0.3 is 21.1 Å². The van der Waals surface area contributed by atoms with E-state index in [1.807, 2.05) is 39.8 Å². The number of nitrogens with one attached hydrogen (secondary N) is 3. The lowest BCUT2D eigenvalue weighted by Gasteiger charge is -2.43. The zero-order valence-electron chi connectivity index (χ0n) is 24.4. The number of ether oxygens (including phenoxy) is 1. The smallest absolute Gasteiger partial charge is 0.408 e. The van der Waals surface area contributed by atoms with Crippen molar-refractivity contribution in [3.05, 3.63) is 101 Å². The molecule has 3 heterocycles. The molecule has 2 aliphatic heterocycles. The van der Waals surface area contributed by atoms with Gasteiger partial charge in [0.15, 0.2) is 11.7 Å². The number of benzene rings is 1. The Morgan fingerprint density at radius 2 is 2.00 bits per heavy atom. The van der Waals surface area contributed by atoms with Gasteiger partial charge in [0.1, 0.15) is 17.0 Å². The van der Waals surface area contributed by atoms with Gasteiger partial charge in [-0.2, -0.15) is 0 Å². The van der Waals surface area contributed by atoms with Crippen molar-refractivity contribution in [2.45, 2.75) is 64.1 Å². The Balaban J connectivity index is 1.45. The number of amides is 1. The molecule has 1 atom stereocenters. The molecule has 1 unspecified atom stereocenters. The number of aromatic nitrogens is 1. The number of alkyl carbamates (subject to hydrolysis) is 1. The van der Waals surface area contributed by atoms with Gasteiger partial charge in [0.05, 0.1) is 11.6 Å². The first-order valence-corrected chi connectivity index (χ1v) is 14.3. The van der Waals surface area contributed by atoms with Crippen molar-refractivity contribution in [2.75, 3.05) is 5.32 Å². The average molecular weight is 584 g/mol. The van der Waals surface area contributed by atoms with E-state index in [0.29, 0.717) is 11.4 Å². The number of hydrogen-bond acceptors (Lipinski definition) is 7. The molecule has 1 aliphatic carbocycles. The topological polar surface area (TPSA) is 128 Å². The Hall–Kier alpha value is -4.31. The lowest BCUT2D eigenvalue weighted by molar-refractivity contribution is 0.0377. The summed E-state index contributed by atoms with van der Waals surface area (Å²) in [6.07, 6.45) is 11.5. The normalized spacial score (nSPS) is 19.4. The van der Waals surface area contributed by atoms with Gasteiger partial charge in [-0.15, -0.1) is 0 Å². The molecular weight excluding hydrogens is 546 g/mol. The van der Waals surface area contributed by atoms with Gasteiger partial charge in [-0.3, -0.25) is 14.7 Å². The first-order valence-electron chi connectivity index (χ1n) is 13.9. The third kappa shape index (κ3) is 5.99. The number of carbonyl (C=O) groups excluding carboxylic acids is 1. The molecule has 1 saturated carbocycles. The van der Waals surface area contributed by atoms with Gasteiger partial charge in [0.25, 0.3) is 0 Å². The maximum Gasteiger partial charge on any atom is 0.408 e. The molecule has 5 N–H and O–H groups in total. The molecule has 0 radical (unpaired) electrons. The fraction of sp³-hybridized carbons (Fsp3) is 0.312. The number of hydrogen-bond donors (Lipinski definition) is 5. The fourth-order valence-corrected chi connectivity index (χ4v) is 5.51. The lowest BCUT2D eigenvalue weighted by Crippen LogP contribution is -2.52. The SMILES string of the molecule is C=C/C=C(\C)C1=Cc2c(ccnc2C(=N)N=C(N)C2=CN2S)NC1c1ccc(C2(NC(=O)OC(C)(C)C)CCC2)cc1. The molecule has 5 rings (SSSR count).